The van der Waals surface area contributed by atoms with Crippen LogP contribution in [0.25, 0.3) is 0 Å². The normalized spacial score (nSPS) is 20.1. The van der Waals surface area contributed by atoms with Gasteiger partial charge in [-0.1, -0.05) is 0 Å². The highest BCUT2D eigenvalue weighted by Gasteiger charge is 2.30. The van der Waals surface area contributed by atoms with Crippen molar-refractivity contribution in [2.24, 2.45) is 0 Å². The second-order valence-corrected chi connectivity index (χ2v) is 4.96. The molecule has 0 aromatic carbocycles. The average Bonchev–Trinajstić information content (AvgIpc) is 3.02. The first-order valence-corrected chi connectivity index (χ1v) is 6.64. The lowest BCUT2D eigenvalue weighted by Crippen LogP contribution is -2.49. The molecule has 3 rings (SSSR count). The molecule has 3 heterocycles. The van der Waals surface area contributed by atoms with Crippen LogP contribution in [0.15, 0.2) is 36.9 Å². The molecule has 0 radical (unpaired) electrons. The minimum atomic E-state index is 0.0528. The fourth-order valence-electron chi connectivity index (χ4n) is 2.49. The van der Waals surface area contributed by atoms with Gasteiger partial charge in [-0.2, -0.15) is 0 Å². The summed E-state index contributed by atoms with van der Waals surface area (Å²) in [5.74, 6) is 0.955. The molecule has 0 aliphatic carbocycles. The molecular formula is C14H17N5O. The van der Waals surface area contributed by atoms with E-state index < -0.39 is 0 Å². The largest absolute Gasteiger partial charge is 0.347 e. The van der Waals surface area contributed by atoms with Gasteiger partial charge in [-0.15, -0.1) is 0 Å². The number of rotatable bonds is 2. The maximum Gasteiger partial charge on any atom is 0.254 e. The molecule has 2 aromatic heterocycles. The lowest BCUT2D eigenvalue weighted by atomic mass is 10.1. The van der Waals surface area contributed by atoms with Crippen molar-refractivity contribution < 1.29 is 4.79 Å². The van der Waals surface area contributed by atoms with Gasteiger partial charge in [0.15, 0.2) is 0 Å². The molecule has 6 nitrogen and oxygen atoms in total. The van der Waals surface area contributed by atoms with Gasteiger partial charge in [0.2, 0.25) is 0 Å². The van der Waals surface area contributed by atoms with Crippen molar-refractivity contribution in [3.05, 3.63) is 48.3 Å². The van der Waals surface area contributed by atoms with E-state index in [4.69, 9.17) is 0 Å². The maximum absolute atomic E-state index is 12.5. The van der Waals surface area contributed by atoms with E-state index in [0.717, 1.165) is 18.9 Å². The fourth-order valence-corrected chi connectivity index (χ4v) is 2.49. The van der Waals surface area contributed by atoms with Crippen LogP contribution in [0.1, 0.15) is 22.2 Å². The van der Waals surface area contributed by atoms with E-state index in [1.807, 2.05) is 11.1 Å². The third-order valence-electron chi connectivity index (χ3n) is 3.70. The van der Waals surface area contributed by atoms with Crippen LogP contribution in [-0.2, 0) is 0 Å². The Labute approximate surface area is 117 Å². The Kier molecular flexibility index (Phi) is 3.47. The highest BCUT2D eigenvalue weighted by molar-refractivity contribution is 5.94. The van der Waals surface area contributed by atoms with E-state index in [0.29, 0.717) is 12.1 Å². The summed E-state index contributed by atoms with van der Waals surface area (Å²) in [6.45, 7) is 2.21. The average molecular weight is 271 g/mol. The summed E-state index contributed by atoms with van der Waals surface area (Å²) in [6, 6.07) is 3.62. The minimum absolute atomic E-state index is 0.0528. The molecule has 0 saturated carbocycles. The number of carbonyl (C=O) groups excluding carboxylic acids is 1. The summed E-state index contributed by atoms with van der Waals surface area (Å²) < 4.78 is 0. The van der Waals surface area contributed by atoms with Gasteiger partial charge in [-0.3, -0.25) is 14.7 Å². The third-order valence-corrected chi connectivity index (χ3v) is 3.70. The summed E-state index contributed by atoms with van der Waals surface area (Å²) in [5.41, 5.74) is 0.683. The molecule has 20 heavy (non-hydrogen) atoms. The minimum Gasteiger partial charge on any atom is -0.347 e. The van der Waals surface area contributed by atoms with Crippen molar-refractivity contribution in [3.8, 4) is 0 Å². The second-order valence-electron chi connectivity index (χ2n) is 4.96. The molecule has 1 N–H and O–H groups in total. The van der Waals surface area contributed by atoms with Gasteiger partial charge in [-0.05, 0) is 19.2 Å². The van der Waals surface area contributed by atoms with Crippen LogP contribution in [0.2, 0.25) is 0 Å². The summed E-state index contributed by atoms with van der Waals surface area (Å²) in [6.07, 6.45) is 6.85. The standard InChI is InChI=1S/C14H17N5O/c1-18-8-9-19(10-12(18)13-16-6-7-17-13)14(20)11-2-4-15-5-3-11/h2-7,12H,8-10H2,1H3,(H,16,17)/t12-/m1/s1. The van der Waals surface area contributed by atoms with E-state index in [1.54, 1.807) is 30.7 Å². The van der Waals surface area contributed by atoms with Crippen molar-refractivity contribution in [2.75, 3.05) is 26.7 Å². The number of aromatic nitrogens is 3. The van der Waals surface area contributed by atoms with Crippen LogP contribution in [-0.4, -0.2) is 57.3 Å². The zero-order chi connectivity index (χ0) is 13.9. The second kappa shape index (κ2) is 5.42. The first-order chi connectivity index (χ1) is 9.75. The van der Waals surface area contributed by atoms with Gasteiger partial charge in [0.1, 0.15) is 5.82 Å². The first-order valence-electron chi connectivity index (χ1n) is 6.64. The zero-order valence-electron chi connectivity index (χ0n) is 11.4. The first kappa shape index (κ1) is 12.8. The number of imidazole rings is 1. The molecule has 1 fully saturated rings. The number of likely N-dealkylation sites (N-methyl/N-ethyl adjacent to an activating group) is 1. The number of hydrogen-bond acceptors (Lipinski definition) is 4. The van der Waals surface area contributed by atoms with Gasteiger partial charge >= 0.3 is 0 Å². The van der Waals surface area contributed by atoms with Crippen LogP contribution < -0.4 is 0 Å². The fraction of sp³-hybridized carbons (Fsp3) is 0.357. The molecule has 2 aromatic rings. The number of nitrogens with zero attached hydrogens (tertiary/aromatic N) is 4. The lowest BCUT2D eigenvalue weighted by molar-refractivity contribution is 0.0534. The highest BCUT2D eigenvalue weighted by Crippen LogP contribution is 2.22. The van der Waals surface area contributed by atoms with E-state index in [1.165, 1.54) is 0 Å². The summed E-state index contributed by atoms with van der Waals surface area (Å²) >= 11 is 0. The van der Waals surface area contributed by atoms with Crippen molar-refractivity contribution in [2.45, 2.75) is 6.04 Å². The van der Waals surface area contributed by atoms with Crippen LogP contribution in [0.4, 0.5) is 0 Å². The number of pyridine rings is 1. The number of hydrogen-bond donors (Lipinski definition) is 1. The SMILES string of the molecule is CN1CCN(C(=O)c2ccncc2)C[C@@H]1c1ncc[nH]1. The van der Waals surface area contributed by atoms with Gasteiger partial charge < -0.3 is 9.88 Å². The van der Waals surface area contributed by atoms with Gasteiger partial charge in [0, 0.05) is 50.0 Å². The number of H-pyrrole nitrogens is 1. The maximum atomic E-state index is 12.5. The Balaban J connectivity index is 1.77. The van der Waals surface area contributed by atoms with Crippen molar-refractivity contribution in [3.63, 3.8) is 0 Å². The molecule has 0 spiro atoms. The highest BCUT2D eigenvalue weighted by atomic mass is 16.2. The predicted octanol–water partition coefficient (Wildman–Crippen LogP) is 0.934. The predicted molar refractivity (Wildman–Crippen MR) is 74.1 cm³/mol. The lowest BCUT2D eigenvalue weighted by Gasteiger charge is -2.38. The molecule has 0 unspecified atom stereocenters. The molecule has 1 aliphatic rings. The molecule has 1 atom stereocenters. The van der Waals surface area contributed by atoms with Crippen LogP contribution >= 0.6 is 0 Å². The Morgan fingerprint density at radius 3 is 2.80 bits per heavy atom. The quantitative estimate of drug-likeness (QED) is 0.882. The number of piperazine rings is 1. The molecule has 0 bridgehead atoms. The third kappa shape index (κ3) is 2.42. The molecule has 1 saturated heterocycles. The monoisotopic (exact) mass is 271 g/mol. The smallest absolute Gasteiger partial charge is 0.254 e. The summed E-state index contributed by atoms with van der Waals surface area (Å²) in [4.78, 5) is 28.0. The Hall–Kier alpha value is -2.21. The number of nitrogens with one attached hydrogen (secondary N) is 1. The summed E-state index contributed by atoms with van der Waals surface area (Å²) in [5, 5.41) is 0. The Bertz CT molecular complexity index is 569. The van der Waals surface area contributed by atoms with Gasteiger partial charge in [0.05, 0.1) is 6.04 Å². The van der Waals surface area contributed by atoms with Gasteiger partial charge in [0.25, 0.3) is 5.91 Å². The molecule has 104 valence electrons. The summed E-state index contributed by atoms with van der Waals surface area (Å²) in [7, 11) is 2.06. The van der Waals surface area contributed by atoms with E-state index in [9.17, 15) is 4.79 Å². The molecule has 1 aliphatic heterocycles. The number of amides is 1. The van der Waals surface area contributed by atoms with Crippen molar-refractivity contribution in [1.82, 2.24) is 24.8 Å². The number of carbonyl (C=O) groups is 1. The van der Waals surface area contributed by atoms with Crippen molar-refractivity contribution >= 4 is 5.91 Å². The Morgan fingerprint density at radius 1 is 1.30 bits per heavy atom. The van der Waals surface area contributed by atoms with Crippen LogP contribution in [0.5, 0.6) is 0 Å². The van der Waals surface area contributed by atoms with Crippen LogP contribution in [0, 0.1) is 0 Å². The van der Waals surface area contributed by atoms with E-state index in [-0.39, 0.29) is 11.9 Å². The van der Waals surface area contributed by atoms with Crippen LogP contribution in [0.3, 0.4) is 0 Å². The topological polar surface area (TPSA) is 65.1 Å². The molecule has 1 amide bonds. The van der Waals surface area contributed by atoms with Gasteiger partial charge in [-0.25, -0.2) is 4.98 Å². The molecule has 6 heteroatoms. The van der Waals surface area contributed by atoms with E-state index >= 15 is 0 Å². The Morgan fingerprint density at radius 2 is 2.10 bits per heavy atom. The van der Waals surface area contributed by atoms with E-state index in [2.05, 4.69) is 26.9 Å². The van der Waals surface area contributed by atoms with Crippen molar-refractivity contribution in [1.29, 1.82) is 0 Å². The number of aromatic amines is 1. The zero-order valence-corrected chi connectivity index (χ0v) is 11.4. The molecular weight excluding hydrogens is 254 g/mol.